The zero-order chi connectivity index (χ0) is 18.0. The molecule has 0 unspecified atom stereocenters. The minimum atomic E-state index is -0.0299. The number of nitrogens with zero attached hydrogens (tertiary/aromatic N) is 2. The van der Waals surface area contributed by atoms with Crippen molar-refractivity contribution in [3.63, 3.8) is 0 Å². The summed E-state index contributed by atoms with van der Waals surface area (Å²) in [5.41, 5.74) is 2.79. The molecule has 1 amide bonds. The number of fused-ring (bicyclic) bond motifs is 1. The van der Waals surface area contributed by atoms with Crippen LogP contribution in [0.4, 0.5) is 0 Å². The second-order valence-electron chi connectivity index (χ2n) is 7.03. The molecule has 6 heteroatoms. The van der Waals surface area contributed by atoms with E-state index in [-0.39, 0.29) is 11.3 Å². The van der Waals surface area contributed by atoms with Gasteiger partial charge in [0.2, 0.25) is 0 Å². The summed E-state index contributed by atoms with van der Waals surface area (Å²) in [7, 11) is 0. The summed E-state index contributed by atoms with van der Waals surface area (Å²) in [5.74, 6) is -0.0299. The van der Waals surface area contributed by atoms with Crippen LogP contribution in [0.3, 0.4) is 0 Å². The van der Waals surface area contributed by atoms with Gasteiger partial charge < -0.3 is 5.32 Å². The third-order valence-electron chi connectivity index (χ3n) is 5.44. The van der Waals surface area contributed by atoms with Gasteiger partial charge in [0.25, 0.3) is 5.91 Å². The van der Waals surface area contributed by atoms with E-state index in [1.54, 1.807) is 6.20 Å². The maximum atomic E-state index is 12.8. The van der Waals surface area contributed by atoms with Crippen LogP contribution in [0.25, 0.3) is 10.9 Å². The molecule has 5 nitrogen and oxygen atoms in total. The lowest BCUT2D eigenvalue weighted by atomic mass is 9.70. The number of halogens is 1. The molecule has 1 aliphatic rings. The number of pyridine rings is 1. The van der Waals surface area contributed by atoms with Gasteiger partial charge in [-0.2, -0.15) is 5.10 Å². The molecule has 0 bridgehead atoms. The lowest BCUT2D eigenvalue weighted by molar-refractivity contribution is 0.0936. The van der Waals surface area contributed by atoms with Crippen molar-refractivity contribution in [3.8, 4) is 0 Å². The summed E-state index contributed by atoms with van der Waals surface area (Å²) in [6.07, 6.45) is 9.62. The van der Waals surface area contributed by atoms with Crippen LogP contribution in [0.2, 0.25) is 0 Å². The quantitative estimate of drug-likeness (QED) is 0.574. The number of carbonyl (C=O) groups is 1. The van der Waals surface area contributed by atoms with E-state index in [0.717, 1.165) is 27.4 Å². The fourth-order valence-corrected chi connectivity index (χ4v) is 4.50. The van der Waals surface area contributed by atoms with Gasteiger partial charge in [0.05, 0.1) is 5.52 Å². The molecule has 1 aromatic carbocycles. The lowest BCUT2D eigenvalue weighted by Gasteiger charge is -2.37. The number of hydrogen-bond acceptors (Lipinski definition) is 3. The van der Waals surface area contributed by atoms with Crippen molar-refractivity contribution < 1.29 is 4.79 Å². The highest BCUT2D eigenvalue weighted by Gasteiger charge is 2.34. The molecule has 134 valence electrons. The number of aromatic amines is 1. The average Bonchev–Trinajstić information content (AvgIpc) is 3.08. The highest BCUT2D eigenvalue weighted by Crippen LogP contribution is 2.38. The van der Waals surface area contributed by atoms with E-state index in [4.69, 9.17) is 0 Å². The molecule has 1 fully saturated rings. The first-order chi connectivity index (χ1) is 12.7. The zero-order valence-corrected chi connectivity index (χ0v) is 16.6. The molecule has 1 saturated carbocycles. The van der Waals surface area contributed by atoms with E-state index in [0.29, 0.717) is 12.1 Å². The second kappa shape index (κ2) is 7.34. The van der Waals surface area contributed by atoms with Crippen LogP contribution in [0.15, 0.2) is 42.7 Å². The predicted octanol–water partition coefficient (Wildman–Crippen LogP) is 4.19. The van der Waals surface area contributed by atoms with Gasteiger partial charge in [-0.25, -0.2) is 0 Å². The van der Waals surface area contributed by atoms with E-state index in [1.165, 1.54) is 24.8 Å². The zero-order valence-electron chi connectivity index (χ0n) is 14.5. The van der Waals surface area contributed by atoms with Crippen molar-refractivity contribution in [1.29, 1.82) is 0 Å². The first-order valence-corrected chi connectivity index (χ1v) is 10.1. The van der Waals surface area contributed by atoms with Crippen LogP contribution in [0.5, 0.6) is 0 Å². The number of rotatable bonds is 4. The summed E-state index contributed by atoms with van der Waals surface area (Å²) >= 11 is 2.20. The van der Waals surface area contributed by atoms with Crippen LogP contribution in [-0.4, -0.2) is 27.6 Å². The lowest BCUT2D eigenvalue weighted by Crippen LogP contribution is -2.42. The highest BCUT2D eigenvalue weighted by molar-refractivity contribution is 14.1. The fourth-order valence-electron chi connectivity index (χ4n) is 3.94. The van der Waals surface area contributed by atoms with Gasteiger partial charge in [0, 0.05) is 35.3 Å². The Morgan fingerprint density at radius 1 is 1.23 bits per heavy atom. The van der Waals surface area contributed by atoms with Crippen molar-refractivity contribution in [2.45, 2.75) is 37.5 Å². The van der Waals surface area contributed by atoms with Gasteiger partial charge in [0.1, 0.15) is 3.70 Å². The summed E-state index contributed by atoms with van der Waals surface area (Å²) in [6, 6.07) is 9.77. The van der Waals surface area contributed by atoms with Crippen molar-refractivity contribution in [2.75, 3.05) is 6.54 Å². The normalized spacial score (nSPS) is 16.5. The molecule has 3 aromatic rings. The van der Waals surface area contributed by atoms with Gasteiger partial charge in [-0.05, 0) is 65.3 Å². The molecular weight excluding hydrogens is 439 g/mol. The predicted molar refractivity (Wildman–Crippen MR) is 110 cm³/mol. The fraction of sp³-hybridized carbons (Fsp3) is 0.350. The highest BCUT2D eigenvalue weighted by atomic mass is 127. The molecule has 0 saturated heterocycles. The molecule has 0 radical (unpaired) electrons. The van der Waals surface area contributed by atoms with Crippen LogP contribution in [0.1, 0.15) is 48.0 Å². The van der Waals surface area contributed by atoms with Gasteiger partial charge in [-0.1, -0.05) is 25.3 Å². The molecule has 2 aromatic heterocycles. The van der Waals surface area contributed by atoms with Gasteiger partial charge >= 0.3 is 0 Å². The van der Waals surface area contributed by atoms with E-state index >= 15 is 0 Å². The molecule has 26 heavy (non-hydrogen) atoms. The summed E-state index contributed by atoms with van der Waals surface area (Å²) in [4.78, 5) is 17.1. The molecule has 0 spiro atoms. The van der Waals surface area contributed by atoms with Crippen LogP contribution >= 0.6 is 22.6 Å². The topological polar surface area (TPSA) is 70.7 Å². The molecule has 0 aliphatic heterocycles. The Hall–Kier alpha value is -1.96. The van der Waals surface area contributed by atoms with Crippen molar-refractivity contribution >= 4 is 39.4 Å². The largest absolute Gasteiger partial charge is 0.351 e. The van der Waals surface area contributed by atoms with Crippen molar-refractivity contribution in [3.05, 3.63) is 57.6 Å². The maximum Gasteiger partial charge on any atom is 0.251 e. The molecule has 0 atom stereocenters. The van der Waals surface area contributed by atoms with Crippen LogP contribution in [0, 0.1) is 3.70 Å². The molecular formula is C20H21IN4O. The average molecular weight is 460 g/mol. The van der Waals surface area contributed by atoms with E-state index < -0.39 is 0 Å². The summed E-state index contributed by atoms with van der Waals surface area (Å²) in [6.45, 7) is 0.651. The Morgan fingerprint density at radius 3 is 2.85 bits per heavy atom. The van der Waals surface area contributed by atoms with E-state index in [1.807, 2.05) is 30.5 Å². The monoisotopic (exact) mass is 460 g/mol. The number of benzene rings is 1. The Morgan fingerprint density at radius 2 is 2.08 bits per heavy atom. The number of nitrogens with one attached hydrogen (secondary N) is 2. The van der Waals surface area contributed by atoms with Gasteiger partial charge in [0.15, 0.2) is 0 Å². The molecule has 2 heterocycles. The van der Waals surface area contributed by atoms with Gasteiger partial charge in [-0.15, -0.1) is 0 Å². The van der Waals surface area contributed by atoms with Crippen LogP contribution < -0.4 is 5.32 Å². The Kier molecular flexibility index (Phi) is 4.93. The maximum absolute atomic E-state index is 12.8. The third kappa shape index (κ3) is 3.34. The summed E-state index contributed by atoms with van der Waals surface area (Å²) in [5, 5.41) is 11.3. The number of aromatic nitrogens is 3. The van der Waals surface area contributed by atoms with Crippen molar-refractivity contribution in [1.82, 2.24) is 20.5 Å². The van der Waals surface area contributed by atoms with E-state index in [2.05, 4.69) is 49.2 Å². The minimum Gasteiger partial charge on any atom is -0.351 e. The number of hydrogen-bond donors (Lipinski definition) is 2. The SMILES string of the molecule is O=C(NCC1(c2cccnc2)CCCCC1)c1ccc2n[nH]c(I)c2c1. The molecule has 2 N–H and O–H groups in total. The number of carbonyl (C=O) groups excluding carboxylic acids is 1. The first-order valence-electron chi connectivity index (χ1n) is 9.00. The van der Waals surface area contributed by atoms with Gasteiger partial charge in [-0.3, -0.25) is 14.9 Å². The smallest absolute Gasteiger partial charge is 0.251 e. The summed E-state index contributed by atoms with van der Waals surface area (Å²) < 4.78 is 0.950. The minimum absolute atomic E-state index is 0.00364. The van der Waals surface area contributed by atoms with Crippen LogP contribution in [-0.2, 0) is 5.41 Å². The van der Waals surface area contributed by atoms with Crippen molar-refractivity contribution in [2.24, 2.45) is 0 Å². The number of H-pyrrole nitrogens is 1. The Labute approximate surface area is 166 Å². The Balaban J connectivity index is 1.55. The number of amides is 1. The Bertz CT molecular complexity index is 916. The third-order valence-corrected chi connectivity index (χ3v) is 6.26. The van der Waals surface area contributed by atoms with E-state index in [9.17, 15) is 4.79 Å². The molecule has 1 aliphatic carbocycles. The second-order valence-corrected chi connectivity index (χ2v) is 8.11. The standard InChI is InChI=1S/C20H21IN4O/c21-18-16-11-14(6-7-17(16)24-25-18)19(26)23-13-20(8-2-1-3-9-20)15-5-4-10-22-12-15/h4-7,10-12H,1-3,8-9,13H2,(H,23,26)(H,24,25). The first kappa shape index (κ1) is 17.5. The molecule has 4 rings (SSSR count).